The average molecular weight is 499 g/mol. The molecule has 0 radical (unpaired) electrons. The first-order chi connectivity index (χ1) is 17.4. The van der Waals surface area contributed by atoms with Crippen molar-refractivity contribution in [1.82, 2.24) is 4.72 Å². The highest BCUT2D eigenvalue weighted by molar-refractivity contribution is 7.90. The van der Waals surface area contributed by atoms with Crippen LogP contribution >= 0.6 is 0 Å². The Morgan fingerprint density at radius 3 is 1.78 bits per heavy atom. The summed E-state index contributed by atoms with van der Waals surface area (Å²) in [5, 5.41) is 2.85. The number of carbonyl (C=O) groups excluding carboxylic acids is 3. The second kappa shape index (κ2) is 12.3. The molecular formula is C28H22N2O5S. The van der Waals surface area contributed by atoms with Gasteiger partial charge in [0, 0.05) is 40.1 Å². The zero-order valence-electron chi connectivity index (χ0n) is 19.6. The van der Waals surface area contributed by atoms with Crippen LogP contribution in [-0.2, 0) is 45.3 Å². The SMILES string of the molecule is Cc1ccc(S(=O)(=O)NC(=O)Nc2c3c(cc4c2CCC4)CCC3)cc1.O=C=C=C=C=C=C=C=C=O. The van der Waals surface area contributed by atoms with Gasteiger partial charge in [0.05, 0.1) is 4.90 Å². The summed E-state index contributed by atoms with van der Waals surface area (Å²) in [5.41, 5.74) is 19.2. The molecule has 2 aliphatic carbocycles. The number of amides is 2. The van der Waals surface area contributed by atoms with Crippen LogP contribution < -0.4 is 10.0 Å². The Labute approximate surface area is 209 Å². The Hall–Kier alpha value is -4.50. The molecule has 2 aromatic carbocycles. The summed E-state index contributed by atoms with van der Waals surface area (Å²) in [7, 11) is -3.89. The summed E-state index contributed by atoms with van der Waals surface area (Å²) in [6, 6.07) is 8.01. The number of nitrogens with one attached hydrogen (secondary N) is 2. The van der Waals surface area contributed by atoms with E-state index in [1.54, 1.807) is 12.1 Å². The summed E-state index contributed by atoms with van der Waals surface area (Å²) in [4.78, 5) is 31.4. The third-order valence-electron chi connectivity index (χ3n) is 5.68. The number of anilines is 1. The number of fused-ring (bicyclic) bond motifs is 2. The summed E-state index contributed by atoms with van der Waals surface area (Å²) in [5.74, 6) is 2.64. The van der Waals surface area contributed by atoms with Crippen LogP contribution in [0.2, 0.25) is 0 Å². The first-order valence-corrected chi connectivity index (χ1v) is 12.7. The third kappa shape index (κ3) is 6.77. The Balaban J connectivity index is 0.000000308. The van der Waals surface area contributed by atoms with Crippen molar-refractivity contribution in [3.05, 3.63) is 92.5 Å². The summed E-state index contributed by atoms with van der Waals surface area (Å²) >= 11 is 0. The Bertz CT molecular complexity index is 1520. The van der Waals surface area contributed by atoms with Crippen molar-refractivity contribution in [2.45, 2.75) is 50.3 Å². The van der Waals surface area contributed by atoms with Crippen LogP contribution in [-0.4, -0.2) is 26.3 Å². The molecule has 0 aromatic heterocycles. The van der Waals surface area contributed by atoms with E-state index in [1.807, 2.05) is 18.4 Å². The van der Waals surface area contributed by atoms with E-state index in [4.69, 9.17) is 0 Å². The van der Waals surface area contributed by atoms with Crippen molar-refractivity contribution in [1.29, 1.82) is 0 Å². The van der Waals surface area contributed by atoms with Gasteiger partial charge in [0.15, 0.2) is 11.9 Å². The van der Waals surface area contributed by atoms with E-state index in [2.05, 4.69) is 39.0 Å². The van der Waals surface area contributed by atoms with Crippen molar-refractivity contribution in [2.24, 2.45) is 0 Å². The van der Waals surface area contributed by atoms with E-state index < -0.39 is 16.1 Å². The molecule has 0 heterocycles. The third-order valence-corrected chi connectivity index (χ3v) is 7.03. The van der Waals surface area contributed by atoms with Crippen molar-refractivity contribution in [3.8, 4) is 0 Å². The van der Waals surface area contributed by atoms with Gasteiger partial charge >= 0.3 is 6.03 Å². The minimum absolute atomic E-state index is 0.0850. The molecule has 2 aliphatic rings. The van der Waals surface area contributed by atoms with Crippen LogP contribution in [0, 0.1) is 6.92 Å². The standard InChI is InChI=1S/C20H22N2O3S.C8O2/c1-13-8-10-16(11-9-13)26(24,25)22-20(23)21-19-17-6-2-4-14(17)12-15-5-3-7-18(15)19;9-7-5-3-1-2-4-6-8-10/h8-12H,2-7H2,1H3,(H2,21,22,23);. The fourth-order valence-corrected chi connectivity index (χ4v) is 5.09. The number of sulfonamides is 1. The minimum Gasteiger partial charge on any atom is -0.307 e. The van der Waals surface area contributed by atoms with Gasteiger partial charge < -0.3 is 5.32 Å². The van der Waals surface area contributed by atoms with E-state index in [9.17, 15) is 22.8 Å². The lowest BCUT2D eigenvalue weighted by atomic mass is 9.99. The molecule has 36 heavy (non-hydrogen) atoms. The molecule has 180 valence electrons. The van der Waals surface area contributed by atoms with Crippen molar-refractivity contribution >= 4 is 33.6 Å². The highest BCUT2D eigenvalue weighted by Gasteiger charge is 2.26. The topological polar surface area (TPSA) is 109 Å². The van der Waals surface area contributed by atoms with Crippen molar-refractivity contribution in [2.75, 3.05) is 5.32 Å². The predicted octanol–water partition coefficient (Wildman–Crippen LogP) is 3.62. The van der Waals surface area contributed by atoms with Crippen molar-refractivity contribution in [3.63, 3.8) is 0 Å². The van der Waals surface area contributed by atoms with Crippen LogP contribution in [0.15, 0.2) is 69.6 Å². The molecule has 2 amide bonds. The molecule has 7 nitrogen and oxygen atoms in total. The van der Waals surface area contributed by atoms with Gasteiger partial charge in [-0.05, 0) is 79.8 Å². The lowest BCUT2D eigenvalue weighted by Crippen LogP contribution is -2.35. The van der Waals surface area contributed by atoms with Gasteiger partial charge in [-0.1, -0.05) is 23.8 Å². The highest BCUT2D eigenvalue weighted by atomic mass is 32.2. The van der Waals surface area contributed by atoms with E-state index in [1.165, 1.54) is 46.3 Å². The maximum absolute atomic E-state index is 12.5. The smallest absolute Gasteiger partial charge is 0.307 e. The van der Waals surface area contributed by atoms with Gasteiger partial charge in [0.25, 0.3) is 10.0 Å². The van der Waals surface area contributed by atoms with E-state index in [0.29, 0.717) is 0 Å². The lowest BCUT2D eigenvalue weighted by Gasteiger charge is -2.16. The van der Waals surface area contributed by atoms with Crippen LogP contribution in [0.25, 0.3) is 0 Å². The average Bonchev–Trinajstić information content (AvgIpc) is 3.51. The zero-order chi connectivity index (χ0) is 26.0. The van der Waals surface area contributed by atoms with Gasteiger partial charge in [-0.3, -0.25) is 0 Å². The number of carbonyl (C=O) groups is 1. The molecule has 0 saturated carbocycles. The molecule has 2 aromatic rings. The van der Waals surface area contributed by atoms with Gasteiger partial charge in [0.2, 0.25) is 0 Å². The predicted molar refractivity (Wildman–Crippen MR) is 133 cm³/mol. The van der Waals surface area contributed by atoms with Crippen LogP contribution in [0.1, 0.15) is 40.7 Å². The maximum Gasteiger partial charge on any atom is 0.333 e. The molecule has 0 spiro atoms. The number of urea groups is 1. The van der Waals surface area contributed by atoms with E-state index in [-0.39, 0.29) is 4.90 Å². The summed E-state index contributed by atoms with van der Waals surface area (Å²) in [6.45, 7) is 1.88. The number of rotatable bonds is 3. The summed E-state index contributed by atoms with van der Waals surface area (Å²) < 4.78 is 27.0. The van der Waals surface area contributed by atoms with Gasteiger partial charge in [-0.2, -0.15) is 0 Å². The fourth-order valence-electron chi connectivity index (χ4n) is 4.18. The van der Waals surface area contributed by atoms with Gasteiger partial charge in [-0.25, -0.2) is 27.5 Å². The van der Waals surface area contributed by atoms with E-state index in [0.717, 1.165) is 49.8 Å². The molecule has 0 aliphatic heterocycles. The molecule has 4 rings (SSSR count). The minimum atomic E-state index is -3.89. The molecule has 0 saturated heterocycles. The van der Waals surface area contributed by atoms with Gasteiger partial charge in [0.1, 0.15) is 0 Å². The first-order valence-electron chi connectivity index (χ1n) is 11.2. The van der Waals surface area contributed by atoms with Gasteiger partial charge in [-0.15, -0.1) is 0 Å². The first kappa shape index (κ1) is 26.1. The normalized spacial score (nSPS) is 12.1. The zero-order valence-corrected chi connectivity index (χ0v) is 20.4. The highest BCUT2D eigenvalue weighted by Crippen LogP contribution is 2.38. The number of aryl methyl sites for hydroxylation is 3. The van der Waals surface area contributed by atoms with Crippen LogP contribution in [0.3, 0.4) is 0 Å². The number of hydrogen-bond donors (Lipinski definition) is 2. The molecule has 0 fully saturated rings. The van der Waals surface area contributed by atoms with Crippen LogP contribution in [0.5, 0.6) is 0 Å². The molecule has 0 unspecified atom stereocenters. The van der Waals surface area contributed by atoms with Crippen molar-refractivity contribution < 1.29 is 22.8 Å². The monoisotopic (exact) mass is 498 g/mol. The second-order valence-corrected chi connectivity index (χ2v) is 9.74. The quantitative estimate of drug-likeness (QED) is 0.496. The fraction of sp³-hybridized carbons (Fsp3) is 0.250. The molecule has 2 N–H and O–H groups in total. The molecule has 8 heteroatoms. The second-order valence-electron chi connectivity index (χ2n) is 8.06. The Morgan fingerprint density at radius 1 is 0.778 bits per heavy atom. The molecule has 0 bridgehead atoms. The number of hydrogen-bond acceptors (Lipinski definition) is 5. The summed E-state index contributed by atoms with van der Waals surface area (Å²) in [6.07, 6.45) is 6.08. The van der Waals surface area contributed by atoms with E-state index >= 15 is 0 Å². The Kier molecular flexibility index (Phi) is 8.90. The lowest BCUT2D eigenvalue weighted by molar-refractivity contribution is 0.256. The molecule has 0 atom stereocenters. The maximum atomic E-state index is 12.5. The Morgan fingerprint density at radius 2 is 1.28 bits per heavy atom. The number of benzene rings is 2. The van der Waals surface area contributed by atoms with Crippen LogP contribution in [0.4, 0.5) is 10.5 Å². The largest absolute Gasteiger partial charge is 0.333 e. The molecular weight excluding hydrogens is 476 g/mol.